The van der Waals surface area contributed by atoms with Gasteiger partial charge in [0.05, 0.1) is 5.56 Å². The van der Waals surface area contributed by atoms with Crippen LogP contribution in [0, 0.1) is 0 Å². The van der Waals surface area contributed by atoms with Crippen LogP contribution in [-0.4, -0.2) is 53.5 Å². The van der Waals surface area contributed by atoms with Crippen LogP contribution in [0.1, 0.15) is 56.5 Å². The van der Waals surface area contributed by atoms with Crippen molar-refractivity contribution in [2.75, 3.05) is 6.54 Å². The molecule has 1 aliphatic heterocycles. The highest BCUT2D eigenvalue weighted by Gasteiger charge is 2.41. The van der Waals surface area contributed by atoms with Gasteiger partial charge in [0.2, 0.25) is 11.8 Å². The fraction of sp³-hybridized carbons (Fsp3) is 0.400. The van der Waals surface area contributed by atoms with Gasteiger partial charge in [0.15, 0.2) is 0 Å². The molecule has 0 saturated heterocycles. The largest absolute Gasteiger partial charge is 0.350 e. The molecule has 0 saturated carbocycles. The minimum absolute atomic E-state index is 0.0513. The molecule has 0 bridgehead atoms. The van der Waals surface area contributed by atoms with Crippen molar-refractivity contribution in [1.29, 1.82) is 0 Å². The van der Waals surface area contributed by atoms with E-state index in [0.717, 1.165) is 9.87 Å². The van der Waals surface area contributed by atoms with Crippen LogP contribution in [-0.2, 0) is 26.2 Å². The van der Waals surface area contributed by atoms with Crippen LogP contribution in [0.2, 0.25) is 0 Å². The average Bonchev–Trinajstić information content (AvgIpc) is 2.97. The number of fused-ring (bicyclic) bond motifs is 1. The molecule has 1 N–H and O–H groups in total. The van der Waals surface area contributed by atoms with Gasteiger partial charge in [0.1, 0.15) is 10.9 Å². The summed E-state index contributed by atoms with van der Waals surface area (Å²) in [6.45, 7) is 7.31. The Morgan fingerprint density at radius 2 is 1.65 bits per heavy atom. The van der Waals surface area contributed by atoms with Gasteiger partial charge in [-0.25, -0.2) is 12.7 Å². The lowest BCUT2D eigenvalue weighted by molar-refractivity contribution is -0.142. The van der Waals surface area contributed by atoms with Gasteiger partial charge in [-0.05, 0) is 44.9 Å². The first kappa shape index (κ1) is 25.4. The molecular formula is C25H31N3O5S. The zero-order valence-corrected chi connectivity index (χ0v) is 20.8. The summed E-state index contributed by atoms with van der Waals surface area (Å²) in [5.41, 5.74) is 0.468. The van der Waals surface area contributed by atoms with E-state index in [9.17, 15) is 22.8 Å². The number of benzene rings is 2. The third-order valence-electron chi connectivity index (χ3n) is 5.52. The molecule has 0 aromatic heterocycles. The van der Waals surface area contributed by atoms with Crippen molar-refractivity contribution in [3.8, 4) is 0 Å². The van der Waals surface area contributed by atoms with Gasteiger partial charge >= 0.3 is 0 Å². The Hall–Kier alpha value is -3.20. The Balaban J connectivity index is 1.83. The summed E-state index contributed by atoms with van der Waals surface area (Å²) in [6.07, 6.45) is 0.151. The lowest BCUT2D eigenvalue weighted by Gasteiger charge is -2.33. The molecule has 1 aliphatic rings. The molecule has 0 aliphatic carbocycles. The van der Waals surface area contributed by atoms with Gasteiger partial charge in [-0.3, -0.25) is 14.4 Å². The Morgan fingerprint density at radius 1 is 1.03 bits per heavy atom. The first-order chi connectivity index (χ1) is 16.0. The number of rotatable bonds is 8. The van der Waals surface area contributed by atoms with Crippen LogP contribution in [0.15, 0.2) is 59.5 Å². The Labute approximate surface area is 201 Å². The van der Waals surface area contributed by atoms with Gasteiger partial charge in [-0.1, -0.05) is 49.4 Å². The number of nitrogens with zero attached hydrogens (tertiary/aromatic N) is 2. The number of hydrogen-bond acceptors (Lipinski definition) is 5. The number of hydrogen-bond donors (Lipinski definition) is 1. The van der Waals surface area contributed by atoms with Crippen LogP contribution in [0.4, 0.5) is 0 Å². The molecule has 0 fully saturated rings. The van der Waals surface area contributed by atoms with Gasteiger partial charge in [-0.15, -0.1) is 0 Å². The minimum atomic E-state index is -4.01. The zero-order valence-electron chi connectivity index (χ0n) is 19.9. The lowest BCUT2D eigenvalue weighted by atomic mass is 10.1. The first-order valence-corrected chi connectivity index (χ1v) is 12.7. The van der Waals surface area contributed by atoms with E-state index in [2.05, 4.69) is 5.32 Å². The lowest BCUT2D eigenvalue weighted by Crippen LogP contribution is -2.53. The van der Waals surface area contributed by atoms with E-state index >= 15 is 0 Å². The second-order valence-corrected chi connectivity index (χ2v) is 11.1. The molecule has 8 nitrogen and oxygen atoms in total. The predicted octanol–water partition coefficient (Wildman–Crippen LogP) is 2.94. The molecule has 182 valence electrons. The molecular weight excluding hydrogens is 454 g/mol. The number of carbonyl (C=O) groups is 3. The van der Waals surface area contributed by atoms with E-state index in [-0.39, 0.29) is 35.9 Å². The maximum atomic E-state index is 13.4. The van der Waals surface area contributed by atoms with Gasteiger partial charge in [0.25, 0.3) is 15.9 Å². The molecule has 9 heteroatoms. The van der Waals surface area contributed by atoms with E-state index in [1.807, 2.05) is 58.0 Å². The molecule has 0 radical (unpaired) electrons. The van der Waals surface area contributed by atoms with E-state index in [0.29, 0.717) is 6.42 Å². The van der Waals surface area contributed by atoms with Crippen molar-refractivity contribution in [3.63, 3.8) is 0 Å². The predicted molar refractivity (Wildman–Crippen MR) is 128 cm³/mol. The van der Waals surface area contributed by atoms with Crippen LogP contribution < -0.4 is 5.32 Å². The number of amides is 3. The van der Waals surface area contributed by atoms with E-state index in [1.165, 1.54) is 17.0 Å². The summed E-state index contributed by atoms with van der Waals surface area (Å²) in [7, 11) is -4.01. The summed E-state index contributed by atoms with van der Waals surface area (Å²) in [5.74, 6) is -1.33. The third-order valence-corrected chi connectivity index (χ3v) is 7.36. The normalized spacial score (nSPS) is 15.5. The fourth-order valence-electron chi connectivity index (χ4n) is 3.95. The van der Waals surface area contributed by atoms with Crippen molar-refractivity contribution < 1.29 is 22.8 Å². The summed E-state index contributed by atoms with van der Waals surface area (Å²) in [5, 5.41) is 2.93. The standard InChI is InChI=1S/C25H31N3O5S/c1-5-20(23(30)26-25(2,3)4)27(17-18-11-7-6-8-12-18)22(29)15-16-28-24(31)19-13-9-10-14-21(19)34(28,32)33/h6-14,20H,5,15-17H2,1-4H3,(H,26,30)/t20-/m0/s1. The molecule has 2 aromatic rings. The van der Waals surface area contributed by atoms with Crippen molar-refractivity contribution >= 4 is 27.7 Å². The maximum absolute atomic E-state index is 13.4. The Kier molecular flexibility index (Phi) is 7.45. The highest BCUT2D eigenvalue weighted by atomic mass is 32.2. The molecule has 0 unspecified atom stereocenters. The quantitative estimate of drug-likeness (QED) is 0.619. The van der Waals surface area contributed by atoms with Crippen LogP contribution in [0.3, 0.4) is 0 Å². The highest BCUT2D eigenvalue weighted by molar-refractivity contribution is 7.90. The third kappa shape index (κ3) is 5.47. The highest BCUT2D eigenvalue weighted by Crippen LogP contribution is 2.30. The number of sulfonamides is 1. The van der Waals surface area contributed by atoms with Crippen molar-refractivity contribution in [2.24, 2.45) is 0 Å². The monoisotopic (exact) mass is 485 g/mol. The summed E-state index contributed by atoms with van der Waals surface area (Å²) in [6, 6.07) is 14.5. The van der Waals surface area contributed by atoms with E-state index < -0.39 is 33.4 Å². The van der Waals surface area contributed by atoms with Crippen molar-refractivity contribution in [1.82, 2.24) is 14.5 Å². The summed E-state index contributed by atoms with van der Waals surface area (Å²) < 4.78 is 26.4. The molecule has 0 spiro atoms. The van der Waals surface area contributed by atoms with Gasteiger partial charge in [-0.2, -0.15) is 0 Å². The van der Waals surface area contributed by atoms with Crippen molar-refractivity contribution in [3.05, 3.63) is 65.7 Å². The van der Waals surface area contributed by atoms with Crippen LogP contribution in [0.25, 0.3) is 0 Å². The SMILES string of the molecule is CC[C@@H](C(=O)NC(C)(C)C)N(Cc1ccccc1)C(=O)CCN1C(=O)c2ccccc2S1(=O)=O. The molecule has 34 heavy (non-hydrogen) atoms. The van der Waals surface area contributed by atoms with Crippen LogP contribution >= 0.6 is 0 Å². The maximum Gasteiger partial charge on any atom is 0.269 e. The van der Waals surface area contributed by atoms with Gasteiger partial charge < -0.3 is 10.2 Å². The van der Waals surface area contributed by atoms with E-state index in [4.69, 9.17) is 0 Å². The molecule has 1 atom stereocenters. The smallest absolute Gasteiger partial charge is 0.269 e. The van der Waals surface area contributed by atoms with Gasteiger partial charge in [0, 0.05) is 25.0 Å². The van der Waals surface area contributed by atoms with Crippen molar-refractivity contribution in [2.45, 2.75) is 63.6 Å². The van der Waals surface area contributed by atoms with E-state index in [1.54, 1.807) is 12.1 Å². The Morgan fingerprint density at radius 3 is 2.24 bits per heavy atom. The summed E-state index contributed by atoms with van der Waals surface area (Å²) >= 11 is 0. The zero-order chi connectivity index (χ0) is 25.1. The first-order valence-electron chi connectivity index (χ1n) is 11.3. The summed E-state index contributed by atoms with van der Waals surface area (Å²) in [4.78, 5) is 40.5. The second-order valence-electron chi connectivity index (χ2n) is 9.30. The topological polar surface area (TPSA) is 104 Å². The number of nitrogens with one attached hydrogen (secondary N) is 1. The minimum Gasteiger partial charge on any atom is -0.350 e. The van der Waals surface area contributed by atoms with Crippen LogP contribution in [0.5, 0.6) is 0 Å². The molecule has 3 amide bonds. The molecule has 2 aromatic carbocycles. The average molecular weight is 486 g/mol. The fourth-order valence-corrected chi connectivity index (χ4v) is 5.52. The Bertz CT molecular complexity index is 1170. The second kappa shape index (κ2) is 9.97. The molecule has 1 heterocycles. The molecule has 3 rings (SSSR count). The number of carbonyl (C=O) groups excluding carboxylic acids is 3.